The Bertz CT molecular complexity index is 1130. The Labute approximate surface area is 186 Å². The maximum absolute atomic E-state index is 12.9. The molecule has 3 aromatic rings. The Kier molecular flexibility index (Phi) is 5.38. The van der Waals surface area contributed by atoms with Gasteiger partial charge in [-0.05, 0) is 57.0 Å². The lowest BCUT2D eigenvalue weighted by Crippen LogP contribution is -2.41. The molecule has 0 bridgehead atoms. The molecule has 1 atom stereocenters. The van der Waals surface area contributed by atoms with Gasteiger partial charge in [-0.15, -0.1) is 10.2 Å². The molecule has 5 rings (SSSR count). The fraction of sp³-hybridized carbons (Fsp3) is 0.391. The van der Waals surface area contributed by atoms with Gasteiger partial charge in [0.1, 0.15) is 13.2 Å². The second kappa shape index (κ2) is 8.49. The molecule has 0 radical (unpaired) electrons. The largest absolute Gasteiger partial charge is 0.486 e. The van der Waals surface area contributed by atoms with Crippen LogP contribution in [0.5, 0.6) is 11.5 Å². The Morgan fingerprint density at radius 2 is 1.81 bits per heavy atom. The minimum atomic E-state index is -0.130. The fourth-order valence-corrected chi connectivity index (χ4v) is 4.23. The molecule has 1 fully saturated rings. The smallest absolute Gasteiger partial charge is 0.229 e. The zero-order valence-corrected chi connectivity index (χ0v) is 18.2. The van der Waals surface area contributed by atoms with Crippen molar-refractivity contribution in [3.8, 4) is 17.3 Å². The van der Waals surface area contributed by atoms with Crippen LogP contribution in [0.15, 0.2) is 36.4 Å². The normalized spacial score (nSPS) is 17.8. The maximum atomic E-state index is 12.9. The zero-order chi connectivity index (χ0) is 22.1. The van der Waals surface area contributed by atoms with Crippen molar-refractivity contribution >= 4 is 17.4 Å². The number of aryl methyl sites for hydroxylation is 2. The lowest BCUT2D eigenvalue weighted by molar-refractivity contribution is -0.120. The van der Waals surface area contributed by atoms with E-state index in [0.29, 0.717) is 42.8 Å². The molecule has 2 aliphatic rings. The predicted octanol–water partition coefficient (Wildman–Crippen LogP) is 2.91. The predicted molar refractivity (Wildman–Crippen MR) is 120 cm³/mol. The van der Waals surface area contributed by atoms with E-state index in [-0.39, 0.29) is 11.8 Å². The van der Waals surface area contributed by atoms with Crippen molar-refractivity contribution in [2.75, 3.05) is 36.5 Å². The van der Waals surface area contributed by atoms with Crippen LogP contribution < -0.4 is 19.7 Å². The second-order valence-corrected chi connectivity index (χ2v) is 8.22. The summed E-state index contributed by atoms with van der Waals surface area (Å²) in [6.45, 7) is 6.45. The number of hydrogen-bond donors (Lipinski definition) is 1. The lowest BCUT2D eigenvalue weighted by atomic mass is 9.97. The highest BCUT2D eigenvalue weighted by Crippen LogP contribution is 2.33. The molecule has 1 N–H and O–H groups in total. The summed E-state index contributed by atoms with van der Waals surface area (Å²) in [6, 6.07) is 11.4. The molecular weight excluding hydrogens is 408 g/mol. The van der Waals surface area contributed by atoms with E-state index in [9.17, 15) is 4.79 Å². The average Bonchev–Trinajstić information content (AvgIpc) is 3.17. The van der Waals surface area contributed by atoms with Gasteiger partial charge < -0.3 is 19.7 Å². The van der Waals surface area contributed by atoms with Crippen LogP contribution in [0.1, 0.15) is 24.2 Å². The lowest BCUT2D eigenvalue weighted by Gasteiger charge is -2.32. The summed E-state index contributed by atoms with van der Waals surface area (Å²) in [6.07, 6.45) is 1.75. The van der Waals surface area contributed by atoms with Gasteiger partial charge in [0, 0.05) is 30.5 Å². The number of anilines is 2. The van der Waals surface area contributed by atoms with Crippen molar-refractivity contribution < 1.29 is 14.3 Å². The van der Waals surface area contributed by atoms with Crippen molar-refractivity contribution in [1.82, 2.24) is 20.0 Å². The monoisotopic (exact) mass is 434 g/mol. The number of carbonyl (C=O) groups is 1. The van der Waals surface area contributed by atoms with Crippen molar-refractivity contribution in [2.45, 2.75) is 26.7 Å². The molecule has 1 saturated heterocycles. The Balaban J connectivity index is 1.25. The highest BCUT2D eigenvalue weighted by atomic mass is 16.6. The van der Waals surface area contributed by atoms with E-state index in [4.69, 9.17) is 9.47 Å². The number of hydrogen-bond acceptors (Lipinski definition) is 7. The third-order valence-electron chi connectivity index (χ3n) is 5.79. The van der Waals surface area contributed by atoms with Crippen LogP contribution in [-0.4, -0.2) is 52.2 Å². The first-order chi connectivity index (χ1) is 15.6. The number of carbonyl (C=O) groups excluding carboxylic acids is 1. The Morgan fingerprint density at radius 1 is 1.03 bits per heavy atom. The van der Waals surface area contributed by atoms with Gasteiger partial charge in [0.2, 0.25) is 5.91 Å². The third kappa shape index (κ3) is 4.10. The van der Waals surface area contributed by atoms with Gasteiger partial charge in [0.25, 0.3) is 0 Å². The maximum Gasteiger partial charge on any atom is 0.229 e. The van der Waals surface area contributed by atoms with E-state index in [1.54, 1.807) is 4.68 Å². The summed E-state index contributed by atoms with van der Waals surface area (Å²) in [5.41, 5.74) is 2.67. The number of benzene rings is 1. The van der Waals surface area contributed by atoms with Crippen molar-refractivity contribution in [1.29, 1.82) is 0 Å². The molecule has 0 aliphatic carbocycles. The molecule has 1 aromatic carbocycles. The van der Waals surface area contributed by atoms with Crippen LogP contribution in [0.2, 0.25) is 0 Å². The summed E-state index contributed by atoms with van der Waals surface area (Å²) in [4.78, 5) is 15.1. The molecule has 2 aromatic heterocycles. The minimum Gasteiger partial charge on any atom is -0.486 e. The summed E-state index contributed by atoms with van der Waals surface area (Å²) in [7, 11) is 0. The highest BCUT2D eigenvalue weighted by Gasteiger charge is 2.27. The molecule has 9 heteroatoms. The van der Waals surface area contributed by atoms with Crippen LogP contribution in [0.25, 0.3) is 5.82 Å². The van der Waals surface area contributed by atoms with E-state index in [0.717, 1.165) is 36.6 Å². The molecule has 166 valence electrons. The fourth-order valence-electron chi connectivity index (χ4n) is 4.23. The zero-order valence-electron chi connectivity index (χ0n) is 18.2. The topological polar surface area (TPSA) is 94.4 Å². The summed E-state index contributed by atoms with van der Waals surface area (Å²) in [5, 5.41) is 16.2. The van der Waals surface area contributed by atoms with Gasteiger partial charge in [0.15, 0.2) is 23.1 Å². The number of nitrogens with zero attached hydrogens (tertiary/aromatic N) is 5. The van der Waals surface area contributed by atoms with Crippen LogP contribution in [0.4, 0.5) is 11.5 Å². The summed E-state index contributed by atoms with van der Waals surface area (Å²) >= 11 is 0. The molecule has 0 spiro atoms. The SMILES string of the molecule is Cc1cc(C)n(-c2ccc(N3CCC[C@H](C(=O)Nc4ccc5c(c4)OCCO5)C3)nn2)n1. The summed E-state index contributed by atoms with van der Waals surface area (Å²) < 4.78 is 12.9. The Morgan fingerprint density at radius 3 is 2.56 bits per heavy atom. The van der Waals surface area contributed by atoms with E-state index >= 15 is 0 Å². The number of aromatic nitrogens is 4. The van der Waals surface area contributed by atoms with Crippen molar-refractivity contribution in [3.05, 3.63) is 47.8 Å². The van der Waals surface area contributed by atoms with Crippen molar-refractivity contribution in [3.63, 3.8) is 0 Å². The van der Waals surface area contributed by atoms with Crippen LogP contribution in [0.3, 0.4) is 0 Å². The number of ether oxygens (including phenoxy) is 2. The average molecular weight is 435 g/mol. The molecular formula is C23H26N6O3. The first-order valence-electron chi connectivity index (χ1n) is 10.9. The first kappa shape index (κ1) is 20.3. The van der Waals surface area contributed by atoms with E-state index in [2.05, 4.69) is 25.5 Å². The summed E-state index contributed by atoms with van der Waals surface area (Å²) in [5.74, 6) is 2.70. The van der Waals surface area contributed by atoms with Crippen LogP contribution in [0, 0.1) is 19.8 Å². The van der Waals surface area contributed by atoms with E-state index in [1.807, 2.05) is 50.2 Å². The van der Waals surface area contributed by atoms with Crippen LogP contribution in [-0.2, 0) is 4.79 Å². The molecule has 0 saturated carbocycles. The molecule has 1 amide bonds. The molecule has 9 nitrogen and oxygen atoms in total. The van der Waals surface area contributed by atoms with Gasteiger partial charge in [-0.3, -0.25) is 4.79 Å². The van der Waals surface area contributed by atoms with E-state index < -0.39 is 0 Å². The van der Waals surface area contributed by atoms with Gasteiger partial charge >= 0.3 is 0 Å². The molecule has 2 aliphatic heterocycles. The number of fused-ring (bicyclic) bond motifs is 1. The number of amides is 1. The number of nitrogens with one attached hydrogen (secondary N) is 1. The number of rotatable bonds is 4. The third-order valence-corrected chi connectivity index (χ3v) is 5.79. The van der Waals surface area contributed by atoms with Gasteiger partial charge in [0.05, 0.1) is 11.6 Å². The Hall–Kier alpha value is -3.62. The molecule has 4 heterocycles. The standard InChI is InChI=1S/C23H26N6O3/c1-15-12-16(2)29(27-15)22-8-7-21(25-26-22)28-9-3-4-17(14-28)23(30)24-18-5-6-19-20(13-18)32-11-10-31-19/h5-8,12-13,17H,3-4,9-11,14H2,1-2H3,(H,24,30)/t17-/m0/s1. The number of piperidine rings is 1. The minimum absolute atomic E-state index is 0.00130. The van der Waals surface area contributed by atoms with Gasteiger partial charge in [-0.2, -0.15) is 5.10 Å². The second-order valence-electron chi connectivity index (χ2n) is 8.22. The molecule has 32 heavy (non-hydrogen) atoms. The first-order valence-corrected chi connectivity index (χ1v) is 10.9. The van der Waals surface area contributed by atoms with Gasteiger partial charge in [-0.1, -0.05) is 0 Å². The molecule has 0 unspecified atom stereocenters. The quantitative estimate of drug-likeness (QED) is 0.675. The van der Waals surface area contributed by atoms with Gasteiger partial charge in [-0.25, -0.2) is 4.68 Å². The highest BCUT2D eigenvalue weighted by molar-refractivity contribution is 5.93. The van der Waals surface area contributed by atoms with Crippen LogP contribution >= 0.6 is 0 Å². The van der Waals surface area contributed by atoms with Crippen molar-refractivity contribution in [2.24, 2.45) is 5.92 Å². The van der Waals surface area contributed by atoms with E-state index in [1.165, 1.54) is 0 Å².